The van der Waals surface area contributed by atoms with Crippen molar-refractivity contribution < 1.29 is 0 Å². The number of hydrogen-bond acceptors (Lipinski definition) is 1. The molecular weight excluding hydrogens is 278 g/mol. The van der Waals surface area contributed by atoms with Gasteiger partial charge in [-0.25, -0.2) is 0 Å². The monoisotopic (exact) mass is 307 g/mol. The predicted octanol–water partition coefficient (Wildman–Crippen LogP) is 5.84. The molecule has 0 bridgehead atoms. The minimum atomic E-state index is 0.379. The van der Waals surface area contributed by atoms with Crippen LogP contribution in [0.4, 0.5) is 0 Å². The summed E-state index contributed by atoms with van der Waals surface area (Å²) < 4.78 is 0. The number of nitrogens with one attached hydrogen (secondary N) is 1. The molecule has 0 heterocycles. The maximum Gasteiger partial charge on any atom is 0.0409 e. The first-order valence-corrected chi connectivity index (χ1v) is 8.73. The van der Waals surface area contributed by atoms with Crippen LogP contribution in [-0.2, 0) is 0 Å². The average Bonchev–Trinajstić information content (AvgIpc) is 2.44. The number of benzene rings is 1. The van der Waals surface area contributed by atoms with Crippen molar-refractivity contribution in [1.29, 1.82) is 0 Å². The Hall–Kier alpha value is -0.530. The molecule has 118 valence electrons. The molecule has 2 heteroatoms. The van der Waals surface area contributed by atoms with E-state index in [1.165, 1.54) is 31.2 Å². The molecule has 1 N–H and O–H groups in total. The molecule has 0 unspecified atom stereocenters. The van der Waals surface area contributed by atoms with E-state index >= 15 is 0 Å². The summed E-state index contributed by atoms with van der Waals surface area (Å²) in [6.45, 7) is 10.5. The van der Waals surface area contributed by atoms with Gasteiger partial charge in [0.25, 0.3) is 0 Å². The molecule has 0 saturated heterocycles. The molecule has 1 aromatic rings. The van der Waals surface area contributed by atoms with Gasteiger partial charge in [0.1, 0.15) is 0 Å². The third kappa shape index (κ3) is 5.00. The van der Waals surface area contributed by atoms with Gasteiger partial charge < -0.3 is 5.32 Å². The summed E-state index contributed by atoms with van der Waals surface area (Å²) in [5.74, 6) is 1.74. The first-order chi connectivity index (χ1) is 9.86. The average molecular weight is 308 g/mol. The van der Waals surface area contributed by atoms with Gasteiger partial charge in [-0.2, -0.15) is 0 Å². The normalized spacial score (nSPS) is 24.8. The highest BCUT2D eigenvalue weighted by atomic mass is 35.5. The highest BCUT2D eigenvalue weighted by Crippen LogP contribution is 2.39. The van der Waals surface area contributed by atoms with Gasteiger partial charge in [0.15, 0.2) is 0 Å². The van der Waals surface area contributed by atoms with Crippen molar-refractivity contribution in [2.75, 3.05) is 6.54 Å². The standard InChI is InChI=1S/C19H30ClN/c1-14(16-6-5-7-18(20)12-16)21-13-15-8-10-17(11-9-15)19(2,3)4/h5-7,12,14-15,17,21H,8-11,13H2,1-4H3/t14-,15?,17?/m1/s1. The summed E-state index contributed by atoms with van der Waals surface area (Å²) in [4.78, 5) is 0. The highest BCUT2D eigenvalue weighted by molar-refractivity contribution is 6.30. The van der Waals surface area contributed by atoms with Crippen molar-refractivity contribution >= 4 is 11.6 Å². The topological polar surface area (TPSA) is 12.0 Å². The van der Waals surface area contributed by atoms with Gasteiger partial charge in [0.2, 0.25) is 0 Å². The number of hydrogen-bond donors (Lipinski definition) is 1. The largest absolute Gasteiger partial charge is 0.310 e. The maximum atomic E-state index is 6.07. The van der Waals surface area contributed by atoms with Crippen LogP contribution in [0.15, 0.2) is 24.3 Å². The molecule has 0 amide bonds. The summed E-state index contributed by atoms with van der Waals surface area (Å²) in [7, 11) is 0. The van der Waals surface area contributed by atoms with Crippen LogP contribution in [0.5, 0.6) is 0 Å². The van der Waals surface area contributed by atoms with Crippen molar-refractivity contribution in [3.05, 3.63) is 34.9 Å². The lowest BCUT2D eigenvalue weighted by atomic mass is 9.70. The van der Waals surface area contributed by atoms with E-state index in [0.717, 1.165) is 23.4 Å². The SMILES string of the molecule is C[C@@H](NCC1CCC(C(C)(C)C)CC1)c1cccc(Cl)c1. The summed E-state index contributed by atoms with van der Waals surface area (Å²) in [5, 5.41) is 4.52. The molecule has 0 aromatic heterocycles. The molecule has 0 aliphatic heterocycles. The summed E-state index contributed by atoms with van der Waals surface area (Å²) in [6, 6.07) is 8.56. The van der Waals surface area contributed by atoms with Gasteiger partial charge >= 0.3 is 0 Å². The van der Waals surface area contributed by atoms with Crippen LogP contribution in [0.2, 0.25) is 5.02 Å². The molecule has 1 aliphatic carbocycles. The molecule has 0 radical (unpaired) electrons. The van der Waals surface area contributed by atoms with Crippen LogP contribution in [-0.4, -0.2) is 6.54 Å². The highest BCUT2D eigenvalue weighted by Gasteiger charge is 2.29. The molecule has 0 spiro atoms. The molecule has 1 fully saturated rings. The van der Waals surface area contributed by atoms with Gasteiger partial charge in [0, 0.05) is 11.1 Å². The Bertz CT molecular complexity index is 441. The van der Waals surface area contributed by atoms with Gasteiger partial charge in [-0.1, -0.05) is 44.5 Å². The first kappa shape index (κ1) is 16.8. The lowest BCUT2D eigenvalue weighted by Gasteiger charge is -2.37. The van der Waals surface area contributed by atoms with Crippen LogP contribution < -0.4 is 5.32 Å². The van der Waals surface area contributed by atoms with Crippen LogP contribution in [0.1, 0.15) is 65.0 Å². The Morgan fingerprint density at radius 3 is 2.43 bits per heavy atom. The maximum absolute atomic E-state index is 6.07. The van der Waals surface area contributed by atoms with Crippen LogP contribution in [0.3, 0.4) is 0 Å². The van der Waals surface area contributed by atoms with Crippen LogP contribution in [0.25, 0.3) is 0 Å². The van der Waals surface area contributed by atoms with E-state index in [1.807, 2.05) is 12.1 Å². The minimum absolute atomic E-state index is 0.379. The Labute approximate surface area is 135 Å². The fourth-order valence-corrected chi connectivity index (χ4v) is 3.67. The molecule has 21 heavy (non-hydrogen) atoms. The molecule has 1 atom stereocenters. The lowest BCUT2D eigenvalue weighted by molar-refractivity contribution is 0.148. The summed E-state index contributed by atoms with van der Waals surface area (Å²) in [5.41, 5.74) is 1.76. The van der Waals surface area contributed by atoms with Gasteiger partial charge in [-0.05, 0) is 74.1 Å². The molecule has 1 aromatic carbocycles. The van der Waals surface area contributed by atoms with Gasteiger partial charge in [0.05, 0.1) is 0 Å². The van der Waals surface area contributed by atoms with Crippen molar-refractivity contribution in [2.45, 2.75) is 59.4 Å². The van der Waals surface area contributed by atoms with E-state index in [4.69, 9.17) is 11.6 Å². The van der Waals surface area contributed by atoms with Crippen molar-refractivity contribution in [3.8, 4) is 0 Å². The third-order valence-corrected chi connectivity index (χ3v) is 5.37. The van der Waals surface area contributed by atoms with E-state index < -0.39 is 0 Å². The van der Waals surface area contributed by atoms with E-state index in [0.29, 0.717) is 11.5 Å². The van der Waals surface area contributed by atoms with Gasteiger partial charge in [-0.15, -0.1) is 0 Å². The first-order valence-electron chi connectivity index (χ1n) is 8.35. The molecule has 1 aliphatic rings. The summed E-state index contributed by atoms with van der Waals surface area (Å²) >= 11 is 6.07. The number of rotatable bonds is 4. The Balaban J connectivity index is 1.77. The zero-order valence-electron chi connectivity index (χ0n) is 14.0. The third-order valence-electron chi connectivity index (χ3n) is 5.13. The Kier molecular flexibility index (Phi) is 5.73. The van der Waals surface area contributed by atoms with Crippen LogP contribution in [0, 0.1) is 17.3 Å². The van der Waals surface area contributed by atoms with E-state index in [2.05, 4.69) is 45.1 Å². The van der Waals surface area contributed by atoms with Gasteiger partial charge in [-0.3, -0.25) is 0 Å². The van der Waals surface area contributed by atoms with Crippen molar-refractivity contribution in [2.24, 2.45) is 17.3 Å². The van der Waals surface area contributed by atoms with E-state index in [9.17, 15) is 0 Å². The van der Waals surface area contributed by atoms with E-state index in [-0.39, 0.29) is 0 Å². The Morgan fingerprint density at radius 1 is 1.19 bits per heavy atom. The lowest BCUT2D eigenvalue weighted by Crippen LogP contribution is -2.31. The second-order valence-corrected chi connectivity index (χ2v) is 8.21. The molecule has 1 saturated carbocycles. The number of halogens is 1. The molecular formula is C19H30ClN. The van der Waals surface area contributed by atoms with Crippen molar-refractivity contribution in [3.63, 3.8) is 0 Å². The smallest absolute Gasteiger partial charge is 0.0409 e. The Morgan fingerprint density at radius 2 is 1.86 bits per heavy atom. The second kappa shape index (κ2) is 7.15. The fourth-order valence-electron chi connectivity index (χ4n) is 3.47. The summed E-state index contributed by atoms with van der Waals surface area (Å²) in [6.07, 6.45) is 5.52. The van der Waals surface area contributed by atoms with Crippen LogP contribution >= 0.6 is 11.6 Å². The fraction of sp³-hybridized carbons (Fsp3) is 0.684. The van der Waals surface area contributed by atoms with E-state index in [1.54, 1.807) is 0 Å². The zero-order valence-corrected chi connectivity index (χ0v) is 14.7. The minimum Gasteiger partial charge on any atom is -0.310 e. The molecule has 2 rings (SSSR count). The second-order valence-electron chi connectivity index (χ2n) is 7.77. The zero-order chi connectivity index (χ0) is 15.5. The quantitative estimate of drug-likeness (QED) is 0.736. The molecule has 1 nitrogen and oxygen atoms in total. The predicted molar refractivity (Wildman–Crippen MR) is 92.8 cm³/mol. The van der Waals surface area contributed by atoms with Crippen molar-refractivity contribution in [1.82, 2.24) is 5.32 Å².